The fourth-order valence-corrected chi connectivity index (χ4v) is 2.75. The van der Waals surface area contributed by atoms with Crippen molar-refractivity contribution in [2.75, 3.05) is 6.54 Å². The summed E-state index contributed by atoms with van der Waals surface area (Å²) in [5.41, 5.74) is 5.36. The molecule has 0 radical (unpaired) electrons. The molecule has 1 aromatic heterocycles. The van der Waals surface area contributed by atoms with E-state index in [2.05, 4.69) is 10.3 Å². The van der Waals surface area contributed by atoms with Gasteiger partial charge in [-0.15, -0.1) is 23.7 Å². The molecule has 23 heavy (non-hydrogen) atoms. The van der Waals surface area contributed by atoms with E-state index < -0.39 is 17.2 Å². The minimum absolute atomic E-state index is 0. The number of halogens is 3. The predicted octanol–water partition coefficient (Wildman–Crippen LogP) is 3.01. The molecule has 0 aliphatic rings. The summed E-state index contributed by atoms with van der Waals surface area (Å²) in [6.07, 6.45) is 0.616. The van der Waals surface area contributed by atoms with E-state index in [1.54, 1.807) is 19.2 Å². The van der Waals surface area contributed by atoms with Crippen molar-refractivity contribution in [2.24, 2.45) is 5.73 Å². The predicted molar refractivity (Wildman–Crippen MR) is 89.0 cm³/mol. The fourth-order valence-electron chi connectivity index (χ4n) is 1.96. The smallest absolute Gasteiger partial charge is 0.271 e. The van der Waals surface area contributed by atoms with Crippen molar-refractivity contribution in [2.45, 2.75) is 25.8 Å². The van der Waals surface area contributed by atoms with E-state index in [1.807, 2.05) is 0 Å². The number of nitrogens with one attached hydrogen (secondary N) is 1. The van der Waals surface area contributed by atoms with Crippen LogP contribution in [0, 0.1) is 11.6 Å². The molecule has 0 saturated heterocycles. The summed E-state index contributed by atoms with van der Waals surface area (Å²) >= 11 is 1.37. The number of thiazole rings is 1. The Morgan fingerprint density at radius 1 is 1.35 bits per heavy atom. The van der Waals surface area contributed by atoms with Gasteiger partial charge in [0.15, 0.2) is 11.6 Å². The van der Waals surface area contributed by atoms with Crippen molar-refractivity contribution in [3.8, 4) is 0 Å². The van der Waals surface area contributed by atoms with Gasteiger partial charge in [-0.05, 0) is 38.1 Å². The molecule has 0 bridgehead atoms. The van der Waals surface area contributed by atoms with Crippen molar-refractivity contribution >= 4 is 29.7 Å². The van der Waals surface area contributed by atoms with Crippen LogP contribution in [0.5, 0.6) is 0 Å². The van der Waals surface area contributed by atoms with Crippen LogP contribution in [0.3, 0.4) is 0 Å². The molecule has 2 rings (SSSR count). The number of rotatable bonds is 5. The van der Waals surface area contributed by atoms with Gasteiger partial charge in [-0.25, -0.2) is 13.8 Å². The SMILES string of the molecule is CC(C)(NC(=O)c1csc(CCN)n1)c1ccc(F)c(F)c1.Cl. The molecule has 0 unspecified atom stereocenters. The zero-order valence-corrected chi connectivity index (χ0v) is 14.4. The van der Waals surface area contributed by atoms with Crippen LogP contribution in [-0.2, 0) is 12.0 Å². The molecule has 0 aliphatic carbocycles. The van der Waals surface area contributed by atoms with Gasteiger partial charge >= 0.3 is 0 Å². The van der Waals surface area contributed by atoms with E-state index in [1.165, 1.54) is 17.4 Å². The second-order valence-electron chi connectivity index (χ2n) is 5.37. The largest absolute Gasteiger partial charge is 0.342 e. The van der Waals surface area contributed by atoms with E-state index in [4.69, 9.17) is 5.73 Å². The Morgan fingerprint density at radius 3 is 2.65 bits per heavy atom. The summed E-state index contributed by atoms with van der Waals surface area (Å²) in [5, 5.41) is 5.22. The molecule has 1 aromatic carbocycles. The molecule has 2 aromatic rings. The molecular weight excluding hydrogens is 344 g/mol. The summed E-state index contributed by atoms with van der Waals surface area (Å²) < 4.78 is 26.4. The van der Waals surface area contributed by atoms with Gasteiger partial charge < -0.3 is 11.1 Å². The van der Waals surface area contributed by atoms with Crippen molar-refractivity contribution in [3.63, 3.8) is 0 Å². The Bertz CT molecular complexity index is 691. The zero-order chi connectivity index (χ0) is 16.3. The molecular formula is C15H18ClF2N3OS. The summed E-state index contributed by atoms with van der Waals surface area (Å²) in [4.78, 5) is 16.4. The van der Waals surface area contributed by atoms with E-state index in [9.17, 15) is 13.6 Å². The van der Waals surface area contributed by atoms with Gasteiger partial charge in [0.2, 0.25) is 0 Å². The highest BCUT2D eigenvalue weighted by Gasteiger charge is 2.25. The normalized spacial score (nSPS) is 11.0. The second-order valence-corrected chi connectivity index (χ2v) is 6.32. The van der Waals surface area contributed by atoms with Gasteiger partial charge in [0.25, 0.3) is 5.91 Å². The molecule has 4 nitrogen and oxygen atoms in total. The zero-order valence-electron chi connectivity index (χ0n) is 12.7. The topological polar surface area (TPSA) is 68.0 Å². The number of hydrogen-bond donors (Lipinski definition) is 2. The number of carbonyl (C=O) groups excluding carboxylic acids is 1. The molecule has 1 heterocycles. The highest BCUT2D eigenvalue weighted by Crippen LogP contribution is 2.23. The fraction of sp³-hybridized carbons (Fsp3) is 0.333. The standard InChI is InChI=1S/C15H17F2N3OS.ClH/c1-15(2,9-3-4-10(16)11(17)7-9)20-14(21)12-8-22-13(19-12)5-6-18;/h3-4,7-8H,5-6,18H2,1-2H3,(H,20,21);1H. The van der Waals surface area contributed by atoms with E-state index in [0.717, 1.165) is 17.1 Å². The molecule has 1 amide bonds. The molecule has 0 aliphatic heterocycles. The van der Waals surface area contributed by atoms with Gasteiger partial charge in [0, 0.05) is 11.8 Å². The number of aromatic nitrogens is 1. The Labute approximate surface area is 143 Å². The molecule has 126 valence electrons. The van der Waals surface area contributed by atoms with Gasteiger partial charge in [-0.3, -0.25) is 4.79 Å². The van der Waals surface area contributed by atoms with Crippen LogP contribution in [-0.4, -0.2) is 17.4 Å². The first-order valence-electron chi connectivity index (χ1n) is 6.76. The van der Waals surface area contributed by atoms with Crippen LogP contribution in [0.15, 0.2) is 23.6 Å². The lowest BCUT2D eigenvalue weighted by atomic mass is 9.94. The van der Waals surface area contributed by atoms with Crippen LogP contribution < -0.4 is 11.1 Å². The first-order chi connectivity index (χ1) is 10.3. The van der Waals surface area contributed by atoms with Crippen LogP contribution in [0.1, 0.15) is 34.9 Å². The lowest BCUT2D eigenvalue weighted by Crippen LogP contribution is -2.41. The number of benzene rings is 1. The number of carbonyl (C=O) groups is 1. The summed E-state index contributed by atoms with van der Waals surface area (Å²) in [5.74, 6) is -2.23. The first kappa shape index (κ1) is 19.5. The van der Waals surface area contributed by atoms with Crippen LogP contribution >= 0.6 is 23.7 Å². The highest BCUT2D eigenvalue weighted by molar-refractivity contribution is 7.09. The van der Waals surface area contributed by atoms with E-state index in [0.29, 0.717) is 24.2 Å². The summed E-state index contributed by atoms with van der Waals surface area (Å²) in [7, 11) is 0. The number of nitrogens with two attached hydrogens (primary N) is 1. The van der Waals surface area contributed by atoms with Crippen molar-refractivity contribution in [3.05, 3.63) is 51.5 Å². The molecule has 0 fully saturated rings. The third-order valence-corrected chi connectivity index (χ3v) is 4.12. The lowest BCUT2D eigenvalue weighted by molar-refractivity contribution is 0.0907. The number of nitrogens with zero attached hydrogens (tertiary/aromatic N) is 1. The maximum atomic E-state index is 13.3. The third kappa shape index (κ3) is 4.70. The Morgan fingerprint density at radius 2 is 2.04 bits per heavy atom. The van der Waals surface area contributed by atoms with E-state index >= 15 is 0 Å². The monoisotopic (exact) mass is 361 g/mol. The van der Waals surface area contributed by atoms with Crippen LogP contribution in [0.25, 0.3) is 0 Å². The molecule has 0 saturated carbocycles. The lowest BCUT2D eigenvalue weighted by Gasteiger charge is -2.26. The molecule has 3 N–H and O–H groups in total. The average Bonchev–Trinajstić information content (AvgIpc) is 2.90. The third-order valence-electron chi connectivity index (χ3n) is 3.21. The Hall–Kier alpha value is -1.57. The van der Waals surface area contributed by atoms with Gasteiger partial charge in [0.05, 0.1) is 10.5 Å². The number of hydrogen-bond acceptors (Lipinski definition) is 4. The minimum atomic E-state index is -0.946. The Balaban J connectivity index is 0.00000264. The highest BCUT2D eigenvalue weighted by atomic mass is 35.5. The van der Waals surface area contributed by atoms with Gasteiger partial charge in [-0.1, -0.05) is 6.07 Å². The van der Waals surface area contributed by atoms with Gasteiger partial charge in [-0.2, -0.15) is 0 Å². The van der Waals surface area contributed by atoms with Crippen LogP contribution in [0.2, 0.25) is 0 Å². The van der Waals surface area contributed by atoms with Crippen molar-refractivity contribution in [1.29, 1.82) is 0 Å². The Kier molecular flexibility index (Phi) is 6.61. The number of amides is 1. The quantitative estimate of drug-likeness (QED) is 0.860. The summed E-state index contributed by atoms with van der Waals surface area (Å²) in [6, 6.07) is 3.57. The molecule has 8 heteroatoms. The van der Waals surface area contributed by atoms with Crippen molar-refractivity contribution in [1.82, 2.24) is 10.3 Å². The summed E-state index contributed by atoms with van der Waals surface area (Å²) in [6.45, 7) is 3.89. The van der Waals surface area contributed by atoms with Crippen molar-refractivity contribution < 1.29 is 13.6 Å². The maximum absolute atomic E-state index is 13.3. The molecule has 0 spiro atoms. The first-order valence-corrected chi connectivity index (χ1v) is 7.64. The van der Waals surface area contributed by atoms with Crippen LogP contribution in [0.4, 0.5) is 8.78 Å². The average molecular weight is 362 g/mol. The van der Waals surface area contributed by atoms with Gasteiger partial charge in [0.1, 0.15) is 5.69 Å². The maximum Gasteiger partial charge on any atom is 0.271 e. The second kappa shape index (κ2) is 7.81. The minimum Gasteiger partial charge on any atom is -0.342 e. The van der Waals surface area contributed by atoms with E-state index in [-0.39, 0.29) is 18.3 Å². The molecule has 0 atom stereocenters.